The van der Waals surface area contributed by atoms with Crippen LogP contribution in [0, 0.1) is 18.6 Å². The van der Waals surface area contributed by atoms with E-state index in [4.69, 9.17) is 11.6 Å². The highest BCUT2D eigenvalue weighted by molar-refractivity contribution is 6.30. The Bertz CT molecular complexity index is 751. The van der Waals surface area contributed by atoms with E-state index in [1.807, 2.05) is 0 Å². The summed E-state index contributed by atoms with van der Waals surface area (Å²) in [6, 6.07) is 1.51. The number of nitrogens with one attached hydrogen (secondary N) is 2. The molecule has 23 heavy (non-hydrogen) atoms. The van der Waals surface area contributed by atoms with Gasteiger partial charge >= 0.3 is 6.03 Å². The van der Waals surface area contributed by atoms with E-state index in [0.29, 0.717) is 31.2 Å². The monoisotopic (exact) mass is 341 g/mol. The quantitative estimate of drug-likeness (QED) is 0.824. The lowest BCUT2D eigenvalue weighted by atomic mass is 10.1. The Morgan fingerprint density at radius 1 is 1.48 bits per heavy atom. The SMILES string of the molecule is Cc1nc(C2CCN(C(=O)Nc3cc(Cl)cc(F)c3F)C2)n[nH]1. The van der Waals surface area contributed by atoms with Crippen molar-refractivity contribution in [1.29, 1.82) is 0 Å². The number of halogens is 3. The molecule has 1 unspecified atom stereocenters. The molecule has 122 valence electrons. The number of aromatic nitrogens is 3. The Morgan fingerprint density at radius 2 is 2.26 bits per heavy atom. The zero-order chi connectivity index (χ0) is 16.6. The summed E-state index contributed by atoms with van der Waals surface area (Å²) < 4.78 is 27.0. The molecule has 2 amide bonds. The molecule has 1 atom stereocenters. The molecule has 0 saturated carbocycles. The summed E-state index contributed by atoms with van der Waals surface area (Å²) in [5.41, 5.74) is -0.280. The number of benzene rings is 1. The van der Waals surface area contributed by atoms with E-state index >= 15 is 0 Å². The van der Waals surface area contributed by atoms with Gasteiger partial charge in [0.1, 0.15) is 5.82 Å². The number of anilines is 1. The molecule has 1 fully saturated rings. The molecule has 1 saturated heterocycles. The van der Waals surface area contributed by atoms with Crippen LogP contribution in [0.5, 0.6) is 0 Å². The van der Waals surface area contributed by atoms with Crippen molar-refractivity contribution in [2.75, 3.05) is 18.4 Å². The molecule has 1 aliphatic heterocycles. The lowest BCUT2D eigenvalue weighted by molar-refractivity contribution is 0.221. The molecule has 2 aromatic rings. The fraction of sp³-hybridized carbons (Fsp3) is 0.357. The van der Waals surface area contributed by atoms with Gasteiger partial charge in [-0.1, -0.05) is 11.6 Å². The number of carbonyl (C=O) groups excluding carboxylic acids is 1. The average molecular weight is 342 g/mol. The average Bonchev–Trinajstić information content (AvgIpc) is 3.12. The fourth-order valence-corrected chi connectivity index (χ4v) is 2.74. The molecular formula is C14H14ClF2N5O. The van der Waals surface area contributed by atoms with Gasteiger partial charge in [-0.05, 0) is 25.5 Å². The molecule has 1 aromatic heterocycles. The van der Waals surface area contributed by atoms with Crippen LogP contribution < -0.4 is 5.32 Å². The first kappa shape index (κ1) is 15.7. The smallest absolute Gasteiger partial charge is 0.321 e. The van der Waals surface area contributed by atoms with Crippen molar-refractivity contribution in [3.63, 3.8) is 0 Å². The van der Waals surface area contributed by atoms with E-state index in [2.05, 4.69) is 20.5 Å². The van der Waals surface area contributed by atoms with Gasteiger partial charge in [0, 0.05) is 24.0 Å². The number of aromatic amines is 1. The minimum atomic E-state index is -1.14. The molecule has 9 heteroatoms. The van der Waals surface area contributed by atoms with Crippen molar-refractivity contribution in [3.8, 4) is 0 Å². The van der Waals surface area contributed by atoms with Crippen LogP contribution >= 0.6 is 11.6 Å². The summed E-state index contributed by atoms with van der Waals surface area (Å²) in [5, 5.41) is 9.21. The standard InChI is InChI=1S/C14H14ClF2N5O/c1-7-18-13(21-20-7)8-2-3-22(6-8)14(23)19-11-5-9(15)4-10(16)12(11)17/h4-5,8H,2-3,6H2,1H3,(H,19,23)(H,18,20,21). The van der Waals surface area contributed by atoms with Gasteiger partial charge in [-0.25, -0.2) is 18.6 Å². The van der Waals surface area contributed by atoms with E-state index in [0.717, 1.165) is 6.07 Å². The molecule has 2 heterocycles. The molecule has 0 bridgehead atoms. The first-order chi connectivity index (χ1) is 10.9. The summed E-state index contributed by atoms with van der Waals surface area (Å²) >= 11 is 5.68. The lowest BCUT2D eigenvalue weighted by Gasteiger charge is -2.17. The van der Waals surface area contributed by atoms with Gasteiger partial charge in [0.2, 0.25) is 0 Å². The van der Waals surface area contributed by atoms with Gasteiger partial charge in [-0.3, -0.25) is 5.10 Å². The summed E-state index contributed by atoms with van der Waals surface area (Å²) in [6.45, 7) is 2.69. The summed E-state index contributed by atoms with van der Waals surface area (Å²) in [6.07, 6.45) is 0.705. The highest BCUT2D eigenvalue weighted by atomic mass is 35.5. The zero-order valence-electron chi connectivity index (χ0n) is 12.2. The van der Waals surface area contributed by atoms with E-state index in [9.17, 15) is 13.6 Å². The Labute approximate surface area is 135 Å². The van der Waals surface area contributed by atoms with Gasteiger partial charge in [0.15, 0.2) is 17.5 Å². The normalized spacial score (nSPS) is 17.6. The molecule has 0 spiro atoms. The Balaban J connectivity index is 1.68. The third-order valence-corrected chi connectivity index (χ3v) is 3.91. The highest BCUT2D eigenvalue weighted by Gasteiger charge is 2.30. The Hall–Kier alpha value is -2.22. The first-order valence-corrected chi connectivity index (χ1v) is 7.41. The predicted molar refractivity (Wildman–Crippen MR) is 80.4 cm³/mol. The second-order valence-corrected chi connectivity index (χ2v) is 5.83. The van der Waals surface area contributed by atoms with Crippen LogP contribution in [0.4, 0.5) is 19.3 Å². The second kappa shape index (κ2) is 6.11. The van der Waals surface area contributed by atoms with Gasteiger partial charge in [0.05, 0.1) is 5.69 Å². The largest absolute Gasteiger partial charge is 0.324 e. The van der Waals surface area contributed by atoms with E-state index in [1.54, 1.807) is 6.92 Å². The number of nitrogens with zero attached hydrogens (tertiary/aromatic N) is 3. The Morgan fingerprint density at radius 3 is 2.96 bits per heavy atom. The van der Waals surface area contributed by atoms with E-state index < -0.39 is 17.7 Å². The molecule has 0 radical (unpaired) electrons. The summed E-state index contributed by atoms with van der Waals surface area (Å²) in [4.78, 5) is 18.0. The van der Waals surface area contributed by atoms with Crippen LogP contribution in [0.15, 0.2) is 12.1 Å². The predicted octanol–water partition coefficient (Wildman–Crippen LogP) is 3.07. The van der Waals surface area contributed by atoms with Crippen LogP contribution in [0.1, 0.15) is 24.0 Å². The number of H-pyrrole nitrogens is 1. The number of carbonyl (C=O) groups is 1. The van der Waals surface area contributed by atoms with Gasteiger partial charge in [-0.2, -0.15) is 5.10 Å². The lowest BCUT2D eigenvalue weighted by Crippen LogP contribution is -2.33. The minimum Gasteiger partial charge on any atom is -0.324 e. The zero-order valence-corrected chi connectivity index (χ0v) is 13.0. The van der Waals surface area contributed by atoms with Crippen molar-refractivity contribution < 1.29 is 13.6 Å². The number of hydrogen-bond acceptors (Lipinski definition) is 3. The topological polar surface area (TPSA) is 73.9 Å². The molecule has 3 rings (SSSR count). The van der Waals surface area contributed by atoms with Gasteiger partial charge in [-0.15, -0.1) is 0 Å². The molecule has 0 aliphatic carbocycles. The first-order valence-electron chi connectivity index (χ1n) is 7.03. The third-order valence-electron chi connectivity index (χ3n) is 3.69. The minimum absolute atomic E-state index is 0.00898. The molecule has 1 aromatic carbocycles. The Kier molecular flexibility index (Phi) is 4.16. The van der Waals surface area contributed by atoms with Gasteiger partial charge < -0.3 is 10.2 Å². The number of likely N-dealkylation sites (tertiary alicyclic amines) is 1. The second-order valence-electron chi connectivity index (χ2n) is 5.39. The molecule has 6 nitrogen and oxygen atoms in total. The maximum absolute atomic E-state index is 13.7. The number of hydrogen-bond donors (Lipinski definition) is 2. The van der Waals surface area contributed by atoms with Crippen LogP contribution in [-0.4, -0.2) is 39.2 Å². The maximum Gasteiger partial charge on any atom is 0.321 e. The van der Waals surface area contributed by atoms with Crippen molar-refractivity contribution in [1.82, 2.24) is 20.1 Å². The molecule has 1 aliphatic rings. The van der Waals surface area contributed by atoms with Crippen molar-refractivity contribution in [2.45, 2.75) is 19.3 Å². The summed E-state index contributed by atoms with van der Waals surface area (Å²) in [5.74, 6) is -0.866. The van der Waals surface area contributed by atoms with Crippen LogP contribution in [0.25, 0.3) is 0 Å². The van der Waals surface area contributed by atoms with E-state index in [1.165, 1.54) is 11.0 Å². The molecule has 2 N–H and O–H groups in total. The van der Waals surface area contributed by atoms with Crippen LogP contribution in [0.3, 0.4) is 0 Å². The third kappa shape index (κ3) is 3.26. The van der Waals surface area contributed by atoms with Crippen LogP contribution in [0.2, 0.25) is 5.02 Å². The van der Waals surface area contributed by atoms with Crippen molar-refractivity contribution >= 4 is 23.3 Å². The van der Waals surface area contributed by atoms with Crippen LogP contribution in [-0.2, 0) is 0 Å². The summed E-state index contributed by atoms with van der Waals surface area (Å²) in [7, 11) is 0. The van der Waals surface area contributed by atoms with Crippen molar-refractivity contribution in [3.05, 3.63) is 40.4 Å². The fourth-order valence-electron chi connectivity index (χ4n) is 2.54. The number of rotatable bonds is 2. The van der Waals surface area contributed by atoms with Crippen molar-refractivity contribution in [2.24, 2.45) is 0 Å². The molecular weight excluding hydrogens is 328 g/mol. The highest BCUT2D eigenvalue weighted by Crippen LogP contribution is 2.27. The van der Waals surface area contributed by atoms with Gasteiger partial charge in [0.25, 0.3) is 0 Å². The number of amides is 2. The maximum atomic E-state index is 13.7. The number of urea groups is 1. The van der Waals surface area contributed by atoms with E-state index in [-0.39, 0.29) is 16.6 Å². The number of aryl methyl sites for hydroxylation is 1.